The highest BCUT2D eigenvalue weighted by molar-refractivity contribution is 6.31. The van der Waals surface area contributed by atoms with E-state index in [1.165, 1.54) is 0 Å². The van der Waals surface area contributed by atoms with Crippen molar-refractivity contribution in [2.24, 2.45) is 0 Å². The number of amides is 1. The van der Waals surface area contributed by atoms with Gasteiger partial charge in [-0.2, -0.15) is 0 Å². The van der Waals surface area contributed by atoms with E-state index in [2.05, 4.69) is 33.3 Å². The van der Waals surface area contributed by atoms with E-state index in [0.29, 0.717) is 41.1 Å². The zero-order valence-corrected chi connectivity index (χ0v) is 24.3. The third-order valence-corrected chi connectivity index (χ3v) is 7.55. The summed E-state index contributed by atoms with van der Waals surface area (Å²) in [5, 5.41) is 3.54. The van der Waals surface area contributed by atoms with Gasteiger partial charge in [-0.3, -0.25) is 9.69 Å². The average molecular weight is 580 g/mol. The van der Waals surface area contributed by atoms with Crippen LogP contribution in [0, 0.1) is 0 Å². The third kappa shape index (κ3) is 8.06. The Morgan fingerprint density at radius 2 is 1.68 bits per heavy atom. The standard InChI is InChI=1S/C32H38ClN3O5/c1-38-31-21-26(36-15-18-39-19-16-36)12-10-24(31)22-35-14-6-2-3-7-17-40-29-8-4-5-9-30(29)41-28-13-11-25(33)20-27(28)34-32(37)23-35/h4-5,8-13,20-21H,2-3,6-7,14-19,22-23H2,1H3,(H,34,37). The van der Waals surface area contributed by atoms with Crippen molar-refractivity contribution in [2.45, 2.75) is 32.2 Å². The topological polar surface area (TPSA) is 72.5 Å². The molecule has 9 heteroatoms. The van der Waals surface area contributed by atoms with E-state index in [4.69, 9.17) is 30.5 Å². The van der Waals surface area contributed by atoms with E-state index in [9.17, 15) is 4.79 Å². The molecule has 2 heterocycles. The fraction of sp³-hybridized carbons (Fsp3) is 0.406. The van der Waals surface area contributed by atoms with Crippen molar-refractivity contribution in [3.63, 3.8) is 0 Å². The van der Waals surface area contributed by atoms with Crippen LogP contribution in [0.15, 0.2) is 60.7 Å². The van der Waals surface area contributed by atoms with Gasteiger partial charge < -0.3 is 29.2 Å². The second-order valence-corrected chi connectivity index (χ2v) is 10.7. The molecule has 5 rings (SSSR count). The lowest BCUT2D eigenvalue weighted by atomic mass is 10.1. The van der Waals surface area contributed by atoms with Gasteiger partial charge in [-0.25, -0.2) is 0 Å². The number of benzene rings is 3. The molecule has 2 aliphatic rings. The number of rotatable bonds is 4. The van der Waals surface area contributed by atoms with Crippen LogP contribution in [0.2, 0.25) is 5.02 Å². The third-order valence-electron chi connectivity index (χ3n) is 7.32. The summed E-state index contributed by atoms with van der Waals surface area (Å²) < 4.78 is 23.6. The summed E-state index contributed by atoms with van der Waals surface area (Å²) in [6.45, 7) is 5.39. The molecule has 3 aromatic carbocycles. The summed E-state index contributed by atoms with van der Waals surface area (Å²) >= 11 is 6.31. The molecule has 0 aliphatic carbocycles. The Hall–Kier alpha value is -3.46. The Morgan fingerprint density at radius 3 is 2.51 bits per heavy atom. The predicted octanol–water partition coefficient (Wildman–Crippen LogP) is 6.37. The number of morpholine rings is 1. The molecule has 2 aliphatic heterocycles. The number of methoxy groups -OCH3 is 1. The smallest absolute Gasteiger partial charge is 0.238 e. The number of anilines is 2. The fourth-order valence-corrected chi connectivity index (χ4v) is 5.34. The van der Waals surface area contributed by atoms with Crippen molar-refractivity contribution < 1.29 is 23.7 Å². The molecule has 1 fully saturated rings. The van der Waals surface area contributed by atoms with Crippen molar-refractivity contribution in [3.8, 4) is 23.0 Å². The maximum Gasteiger partial charge on any atom is 0.238 e. The number of nitrogens with one attached hydrogen (secondary N) is 1. The Balaban J connectivity index is 1.35. The highest BCUT2D eigenvalue weighted by Gasteiger charge is 2.19. The highest BCUT2D eigenvalue weighted by atomic mass is 35.5. The van der Waals surface area contributed by atoms with Gasteiger partial charge in [0, 0.05) is 42.0 Å². The number of halogens is 1. The SMILES string of the molecule is COc1cc(N2CCOCC2)ccc1CN1CCCCCCOc2ccccc2Oc2ccc(Cl)cc2NC(=O)C1. The first kappa shape index (κ1) is 29.0. The van der Waals surface area contributed by atoms with E-state index in [1.54, 1.807) is 25.3 Å². The summed E-state index contributed by atoms with van der Waals surface area (Å²) in [6, 6.07) is 19.1. The first-order chi connectivity index (χ1) is 20.1. The zero-order valence-electron chi connectivity index (χ0n) is 23.6. The first-order valence-corrected chi connectivity index (χ1v) is 14.7. The molecular formula is C32H38ClN3O5. The summed E-state index contributed by atoms with van der Waals surface area (Å²) in [5.41, 5.74) is 2.68. The maximum absolute atomic E-state index is 13.4. The fourth-order valence-electron chi connectivity index (χ4n) is 5.16. The van der Waals surface area contributed by atoms with Crippen molar-refractivity contribution in [1.29, 1.82) is 0 Å². The van der Waals surface area contributed by atoms with Gasteiger partial charge in [0.15, 0.2) is 17.2 Å². The second kappa shape index (κ2) is 14.4. The Morgan fingerprint density at radius 1 is 0.878 bits per heavy atom. The lowest BCUT2D eigenvalue weighted by Gasteiger charge is -2.30. The van der Waals surface area contributed by atoms with Gasteiger partial charge in [-0.05, 0) is 55.8 Å². The van der Waals surface area contributed by atoms with Crippen LogP contribution in [0.1, 0.15) is 31.2 Å². The number of hydrogen-bond donors (Lipinski definition) is 1. The van der Waals surface area contributed by atoms with Gasteiger partial charge in [-0.1, -0.05) is 42.6 Å². The van der Waals surface area contributed by atoms with Gasteiger partial charge >= 0.3 is 0 Å². The molecule has 0 unspecified atom stereocenters. The molecule has 1 N–H and O–H groups in total. The second-order valence-electron chi connectivity index (χ2n) is 10.3. The van der Waals surface area contributed by atoms with E-state index >= 15 is 0 Å². The normalized spacial score (nSPS) is 17.4. The van der Waals surface area contributed by atoms with Gasteiger partial charge in [-0.15, -0.1) is 0 Å². The number of carbonyl (C=O) groups is 1. The van der Waals surface area contributed by atoms with Crippen LogP contribution in [-0.2, 0) is 16.1 Å². The molecule has 0 radical (unpaired) electrons. The zero-order chi connectivity index (χ0) is 28.4. The number of carbonyl (C=O) groups excluding carboxylic acids is 1. The van der Waals surface area contributed by atoms with E-state index in [0.717, 1.165) is 75.5 Å². The molecule has 0 bridgehead atoms. The monoisotopic (exact) mass is 579 g/mol. The minimum Gasteiger partial charge on any atom is -0.496 e. The van der Waals surface area contributed by atoms with Gasteiger partial charge in [0.2, 0.25) is 5.91 Å². The Kier molecular flexibility index (Phi) is 10.2. The molecule has 41 heavy (non-hydrogen) atoms. The van der Waals surface area contributed by atoms with Crippen molar-refractivity contribution in [1.82, 2.24) is 4.90 Å². The largest absolute Gasteiger partial charge is 0.496 e. The lowest BCUT2D eigenvalue weighted by Crippen LogP contribution is -2.36. The number of hydrogen-bond acceptors (Lipinski definition) is 7. The summed E-state index contributed by atoms with van der Waals surface area (Å²) in [5.74, 6) is 2.44. The van der Waals surface area contributed by atoms with Gasteiger partial charge in [0.05, 0.1) is 39.2 Å². The van der Waals surface area contributed by atoms with Crippen LogP contribution < -0.4 is 24.4 Å². The van der Waals surface area contributed by atoms with Crippen LogP contribution in [0.3, 0.4) is 0 Å². The number of nitrogens with zero attached hydrogens (tertiary/aromatic N) is 2. The van der Waals surface area contributed by atoms with Gasteiger partial charge in [0.1, 0.15) is 5.75 Å². The maximum atomic E-state index is 13.4. The molecule has 0 saturated carbocycles. The Bertz CT molecular complexity index is 1310. The highest BCUT2D eigenvalue weighted by Crippen LogP contribution is 2.37. The quantitative estimate of drug-likeness (QED) is 0.385. The molecule has 8 nitrogen and oxygen atoms in total. The molecule has 0 spiro atoms. The van der Waals surface area contributed by atoms with E-state index < -0.39 is 0 Å². The number of ether oxygens (including phenoxy) is 4. The molecule has 1 amide bonds. The molecule has 3 aromatic rings. The van der Waals surface area contributed by atoms with E-state index in [-0.39, 0.29) is 12.5 Å². The van der Waals surface area contributed by atoms with Crippen LogP contribution in [0.5, 0.6) is 23.0 Å². The molecule has 0 atom stereocenters. The summed E-state index contributed by atoms with van der Waals surface area (Å²) in [7, 11) is 1.70. The molecular weight excluding hydrogens is 542 g/mol. The molecule has 1 saturated heterocycles. The van der Waals surface area contributed by atoms with Gasteiger partial charge in [0.25, 0.3) is 0 Å². The van der Waals surface area contributed by atoms with Crippen LogP contribution >= 0.6 is 11.6 Å². The predicted molar refractivity (Wildman–Crippen MR) is 162 cm³/mol. The molecule has 218 valence electrons. The van der Waals surface area contributed by atoms with Crippen LogP contribution in [0.4, 0.5) is 11.4 Å². The number of fused-ring (bicyclic) bond motifs is 2. The first-order valence-electron chi connectivity index (χ1n) is 14.3. The van der Waals surface area contributed by atoms with Crippen LogP contribution in [-0.4, -0.2) is 63.9 Å². The van der Waals surface area contributed by atoms with Crippen molar-refractivity contribution in [3.05, 3.63) is 71.2 Å². The summed E-state index contributed by atoms with van der Waals surface area (Å²) in [4.78, 5) is 17.9. The van der Waals surface area contributed by atoms with Crippen molar-refractivity contribution in [2.75, 3.05) is 63.3 Å². The molecule has 0 aromatic heterocycles. The number of para-hydroxylation sites is 2. The average Bonchev–Trinajstić information content (AvgIpc) is 2.98. The minimum atomic E-state index is -0.141. The Labute approximate surface area is 247 Å². The minimum absolute atomic E-state index is 0.141. The summed E-state index contributed by atoms with van der Waals surface area (Å²) in [6.07, 6.45) is 4.01. The van der Waals surface area contributed by atoms with Crippen molar-refractivity contribution >= 4 is 28.9 Å². The lowest BCUT2D eigenvalue weighted by molar-refractivity contribution is -0.117. The van der Waals surface area contributed by atoms with E-state index in [1.807, 2.05) is 24.3 Å². The van der Waals surface area contributed by atoms with Crippen LogP contribution in [0.25, 0.3) is 0 Å².